The van der Waals surface area contributed by atoms with Gasteiger partial charge in [0.15, 0.2) is 6.61 Å². The molecular formula is C17H26N2O2. The molecule has 1 N–H and O–H groups in total. The van der Waals surface area contributed by atoms with Gasteiger partial charge in [-0.2, -0.15) is 0 Å². The fourth-order valence-corrected chi connectivity index (χ4v) is 2.61. The molecule has 0 spiro atoms. The number of hydrogen-bond acceptors (Lipinski definition) is 3. The van der Waals surface area contributed by atoms with Crippen LogP contribution in [0.5, 0.6) is 5.75 Å². The minimum atomic E-state index is -0.178. The second-order valence-electron chi connectivity index (χ2n) is 6.65. The zero-order chi connectivity index (χ0) is 15.5. The second-order valence-corrected chi connectivity index (χ2v) is 6.65. The first kappa shape index (κ1) is 15.8. The topological polar surface area (TPSA) is 41.6 Å². The van der Waals surface area contributed by atoms with Gasteiger partial charge in [-0.15, -0.1) is 0 Å². The lowest BCUT2D eigenvalue weighted by atomic mass is 9.93. The van der Waals surface area contributed by atoms with E-state index in [4.69, 9.17) is 4.74 Å². The molecule has 0 aromatic heterocycles. The van der Waals surface area contributed by atoms with Crippen molar-refractivity contribution in [2.24, 2.45) is 5.92 Å². The van der Waals surface area contributed by atoms with Gasteiger partial charge in [0.2, 0.25) is 0 Å². The van der Waals surface area contributed by atoms with Crippen LogP contribution in [0.25, 0.3) is 0 Å². The smallest absolute Gasteiger partial charge is 0.261 e. The second kappa shape index (κ2) is 6.48. The van der Waals surface area contributed by atoms with E-state index in [0.29, 0.717) is 12.0 Å². The summed E-state index contributed by atoms with van der Waals surface area (Å²) in [5, 5.41) is 3.53. The van der Waals surface area contributed by atoms with E-state index in [1.165, 1.54) is 0 Å². The maximum absolute atomic E-state index is 12.5. The molecule has 1 unspecified atom stereocenters. The van der Waals surface area contributed by atoms with Crippen LogP contribution in [0.2, 0.25) is 0 Å². The quantitative estimate of drug-likeness (QED) is 0.925. The minimum Gasteiger partial charge on any atom is -0.484 e. The van der Waals surface area contributed by atoms with Crippen molar-refractivity contribution in [1.82, 2.24) is 10.2 Å². The molecule has 1 aliphatic heterocycles. The van der Waals surface area contributed by atoms with Crippen molar-refractivity contribution in [3.8, 4) is 5.75 Å². The van der Waals surface area contributed by atoms with Crippen molar-refractivity contribution < 1.29 is 9.53 Å². The molecule has 1 aliphatic rings. The Hall–Kier alpha value is -1.55. The van der Waals surface area contributed by atoms with Gasteiger partial charge in [-0.25, -0.2) is 0 Å². The van der Waals surface area contributed by atoms with Crippen molar-refractivity contribution in [1.29, 1.82) is 0 Å². The van der Waals surface area contributed by atoms with Gasteiger partial charge in [-0.05, 0) is 31.9 Å². The molecule has 21 heavy (non-hydrogen) atoms. The number of para-hydroxylation sites is 1. The molecule has 0 bridgehead atoms. The van der Waals surface area contributed by atoms with Crippen molar-refractivity contribution in [2.45, 2.75) is 39.3 Å². The van der Waals surface area contributed by atoms with Crippen LogP contribution < -0.4 is 10.1 Å². The maximum atomic E-state index is 12.5. The first-order chi connectivity index (χ1) is 9.90. The van der Waals surface area contributed by atoms with Crippen LogP contribution in [0.3, 0.4) is 0 Å². The van der Waals surface area contributed by atoms with Crippen LogP contribution in [0.1, 0.15) is 27.7 Å². The lowest BCUT2D eigenvalue weighted by Gasteiger charge is -2.47. The third-order valence-corrected chi connectivity index (χ3v) is 4.12. The molecule has 1 atom stereocenters. The van der Waals surface area contributed by atoms with Crippen LogP contribution >= 0.6 is 0 Å². The summed E-state index contributed by atoms with van der Waals surface area (Å²) in [6.45, 7) is 10.2. The van der Waals surface area contributed by atoms with E-state index in [1.807, 2.05) is 35.2 Å². The van der Waals surface area contributed by atoms with Gasteiger partial charge < -0.3 is 15.0 Å². The summed E-state index contributed by atoms with van der Waals surface area (Å²) in [7, 11) is 0. The van der Waals surface area contributed by atoms with E-state index in [-0.39, 0.29) is 18.1 Å². The van der Waals surface area contributed by atoms with E-state index < -0.39 is 0 Å². The standard InChI is InChI=1S/C17H26N2O2/c1-13(2)15-10-19(17(3,4)12-18-15)16(20)11-21-14-8-6-5-7-9-14/h5-9,13,15,18H,10-12H2,1-4H3. The van der Waals surface area contributed by atoms with E-state index in [1.54, 1.807) is 0 Å². The van der Waals surface area contributed by atoms with Gasteiger partial charge in [-0.1, -0.05) is 32.0 Å². The molecule has 4 nitrogen and oxygen atoms in total. The van der Waals surface area contributed by atoms with Gasteiger partial charge in [0.1, 0.15) is 5.75 Å². The molecule has 0 saturated carbocycles. The summed E-state index contributed by atoms with van der Waals surface area (Å²) in [5.74, 6) is 1.29. The average Bonchev–Trinajstić information content (AvgIpc) is 2.45. The summed E-state index contributed by atoms with van der Waals surface area (Å²) in [4.78, 5) is 14.5. The molecule has 0 radical (unpaired) electrons. The molecular weight excluding hydrogens is 264 g/mol. The van der Waals surface area contributed by atoms with E-state index in [2.05, 4.69) is 33.0 Å². The van der Waals surface area contributed by atoms with Gasteiger partial charge in [-0.3, -0.25) is 4.79 Å². The van der Waals surface area contributed by atoms with Crippen molar-refractivity contribution in [3.63, 3.8) is 0 Å². The Morgan fingerprint density at radius 2 is 2.05 bits per heavy atom. The molecule has 1 aromatic carbocycles. The van der Waals surface area contributed by atoms with Crippen LogP contribution in [0.4, 0.5) is 0 Å². The molecule has 1 saturated heterocycles. The Balaban J connectivity index is 1.98. The molecule has 116 valence electrons. The van der Waals surface area contributed by atoms with Crippen molar-refractivity contribution in [2.75, 3.05) is 19.7 Å². The maximum Gasteiger partial charge on any atom is 0.261 e. The number of rotatable bonds is 4. The molecule has 1 aromatic rings. The monoisotopic (exact) mass is 290 g/mol. The Bertz CT molecular complexity index is 471. The fourth-order valence-electron chi connectivity index (χ4n) is 2.61. The summed E-state index contributed by atoms with van der Waals surface area (Å²) < 4.78 is 5.60. The Morgan fingerprint density at radius 1 is 1.38 bits per heavy atom. The number of amides is 1. The summed E-state index contributed by atoms with van der Waals surface area (Å²) >= 11 is 0. The predicted molar refractivity (Wildman–Crippen MR) is 84.4 cm³/mol. The average molecular weight is 290 g/mol. The minimum absolute atomic E-state index is 0.0519. The zero-order valence-electron chi connectivity index (χ0n) is 13.4. The highest BCUT2D eigenvalue weighted by Crippen LogP contribution is 2.22. The fraction of sp³-hybridized carbons (Fsp3) is 0.588. The zero-order valence-corrected chi connectivity index (χ0v) is 13.4. The number of carbonyl (C=O) groups is 1. The van der Waals surface area contributed by atoms with Crippen LogP contribution in [-0.4, -0.2) is 42.1 Å². The number of nitrogens with zero attached hydrogens (tertiary/aromatic N) is 1. The number of nitrogens with one attached hydrogen (secondary N) is 1. The Kier molecular flexibility index (Phi) is 4.88. The summed E-state index contributed by atoms with van der Waals surface area (Å²) in [6.07, 6.45) is 0. The normalized spacial score (nSPS) is 21.4. The van der Waals surface area contributed by atoms with Gasteiger partial charge in [0.25, 0.3) is 5.91 Å². The van der Waals surface area contributed by atoms with E-state index >= 15 is 0 Å². The van der Waals surface area contributed by atoms with Crippen LogP contribution in [-0.2, 0) is 4.79 Å². The SMILES string of the molecule is CC(C)C1CN(C(=O)COc2ccccc2)C(C)(C)CN1. The number of carbonyl (C=O) groups excluding carboxylic acids is 1. The number of benzene rings is 1. The molecule has 1 heterocycles. The summed E-state index contributed by atoms with van der Waals surface area (Å²) in [5.41, 5.74) is -0.178. The molecule has 2 rings (SSSR count). The van der Waals surface area contributed by atoms with E-state index in [0.717, 1.165) is 18.8 Å². The third-order valence-electron chi connectivity index (χ3n) is 4.12. The highest BCUT2D eigenvalue weighted by atomic mass is 16.5. The molecule has 1 fully saturated rings. The molecule has 1 amide bonds. The number of piperazine rings is 1. The van der Waals surface area contributed by atoms with E-state index in [9.17, 15) is 4.79 Å². The predicted octanol–water partition coefficient (Wildman–Crippen LogP) is 2.30. The van der Waals surface area contributed by atoms with Gasteiger partial charge in [0, 0.05) is 24.7 Å². The Morgan fingerprint density at radius 3 is 2.67 bits per heavy atom. The lowest BCUT2D eigenvalue weighted by molar-refractivity contribution is -0.141. The van der Waals surface area contributed by atoms with Crippen molar-refractivity contribution in [3.05, 3.63) is 30.3 Å². The first-order valence-corrected chi connectivity index (χ1v) is 7.62. The van der Waals surface area contributed by atoms with Gasteiger partial charge >= 0.3 is 0 Å². The third kappa shape index (κ3) is 3.97. The first-order valence-electron chi connectivity index (χ1n) is 7.62. The highest BCUT2D eigenvalue weighted by molar-refractivity contribution is 5.78. The van der Waals surface area contributed by atoms with Crippen LogP contribution in [0.15, 0.2) is 30.3 Å². The Labute approximate surface area is 127 Å². The molecule has 4 heteroatoms. The summed E-state index contributed by atoms with van der Waals surface area (Å²) in [6, 6.07) is 9.83. The van der Waals surface area contributed by atoms with Gasteiger partial charge in [0.05, 0.1) is 0 Å². The number of hydrogen-bond donors (Lipinski definition) is 1. The van der Waals surface area contributed by atoms with Crippen molar-refractivity contribution >= 4 is 5.91 Å². The largest absolute Gasteiger partial charge is 0.484 e. The van der Waals surface area contributed by atoms with Crippen LogP contribution in [0, 0.1) is 5.92 Å². The molecule has 0 aliphatic carbocycles. The highest BCUT2D eigenvalue weighted by Gasteiger charge is 2.37. The number of ether oxygens (including phenoxy) is 1. The lowest BCUT2D eigenvalue weighted by Crippen LogP contribution is -2.65.